The number of hydrogen-bond acceptors (Lipinski definition) is 4. The van der Waals surface area contributed by atoms with E-state index >= 15 is 0 Å². The average molecular weight is 389 g/mol. The van der Waals surface area contributed by atoms with Crippen LogP contribution in [0.15, 0.2) is 24.3 Å². The fourth-order valence-electron chi connectivity index (χ4n) is 4.35. The molecule has 2 aliphatic rings. The predicted octanol–water partition coefficient (Wildman–Crippen LogP) is 5.60. The van der Waals surface area contributed by atoms with Gasteiger partial charge in [-0.25, -0.2) is 4.79 Å². The first-order chi connectivity index (χ1) is 13.7. The molecule has 0 spiro atoms. The van der Waals surface area contributed by atoms with E-state index in [2.05, 4.69) is 17.1 Å². The Morgan fingerprint density at radius 2 is 2.00 bits per heavy atom. The zero-order valence-corrected chi connectivity index (χ0v) is 17.3. The van der Waals surface area contributed by atoms with Crippen LogP contribution in [0.5, 0.6) is 5.75 Å². The number of hydrogen-bond donors (Lipinski definition) is 1. The zero-order chi connectivity index (χ0) is 19.6. The number of unbranched alkanes of at least 4 members (excludes halogenated alkanes) is 2. The van der Waals surface area contributed by atoms with E-state index < -0.39 is 0 Å². The van der Waals surface area contributed by atoms with Gasteiger partial charge in [-0.2, -0.15) is 0 Å². The maximum Gasteiger partial charge on any atom is 0.411 e. The van der Waals surface area contributed by atoms with E-state index in [9.17, 15) is 4.79 Å². The molecule has 0 bridgehead atoms. The first-order valence-electron chi connectivity index (χ1n) is 11.2. The second-order valence-electron chi connectivity index (χ2n) is 8.15. The van der Waals surface area contributed by atoms with Crippen molar-refractivity contribution in [2.24, 2.45) is 0 Å². The highest BCUT2D eigenvalue weighted by atomic mass is 16.6. The lowest BCUT2D eigenvalue weighted by Crippen LogP contribution is -2.44. The molecular formula is C23H36N2O3. The Labute approximate surface area is 169 Å². The van der Waals surface area contributed by atoms with Crippen molar-refractivity contribution in [2.45, 2.75) is 83.3 Å². The lowest BCUT2D eigenvalue weighted by molar-refractivity contribution is 0.0391. The van der Waals surface area contributed by atoms with Gasteiger partial charge in [-0.05, 0) is 63.7 Å². The minimum Gasteiger partial charge on any atom is -0.494 e. The standard InChI is InChI=1S/C23H36N2O3/c1-2-3-7-16-27-21-12-8-10-19(17-21)24-23(26)28-22-13-9-11-20(18-22)25-14-5-4-6-15-25/h8,10,12,17,20,22H,2-7,9,11,13-16,18H2,1H3,(H,24,26). The van der Waals surface area contributed by atoms with E-state index in [1.807, 2.05) is 24.3 Å². The van der Waals surface area contributed by atoms with Crippen LogP contribution in [0.4, 0.5) is 10.5 Å². The average Bonchev–Trinajstić information content (AvgIpc) is 2.72. The summed E-state index contributed by atoms with van der Waals surface area (Å²) in [6, 6.07) is 8.14. The van der Waals surface area contributed by atoms with Crippen molar-refractivity contribution >= 4 is 11.8 Å². The number of amides is 1. The van der Waals surface area contributed by atoms with Crippen molar-refractivity contribution in [2.75, 3.05) is 25.0 Å². The number of likely N-dealkylation sites (tertiary alicyclic amines) is 1. The van der Waals surface area contributed by atoms with Gasteiger partial charge in [0.2, 0.25) is 0 Å². The Kier molecular flexibility index (Phi) is 8.46. The minimum atomic E-state index is -0.354. The van der Waals surface area contributed by atoms with Crippen molar-refractivity contribution in [1.82, 2.24) is 4.90 Å². The number of piperidine rings is 1. The quantitative estimate of drug-likeness (QED) is 0.589. The van der Waals surface area contributed by atoms with Gasteiger partial charge in [-0.3, -0.25) is 5.32 Å². The number of rotatable bonds is 8. The summed E-state index contributed by atoms with van der Waals surface area (Å²) in [5, 5.41) is 2.87. The lowest BCUT2D eigenvalue weighted by atomic mass is 9.90. The topological polar surface area (TPSA) is 50.8 Å². The number of nitrogens with zero attached hydrogens (tertiary/aromatic N) is 1. The van der Waals surface area contributed by atoms with Crippen molar-refractivity contribution < 1.29 is 14.3 Å². The molecule has 1 N–H and O–H groups in total. The molecular weight excluding hydrogens is 352 g/mol. The molecule has 156 valence electrons. The fourth-order valence-corrected chi connectivity index (χ4v) is 4.35. The molecule has 1 saturated heterocycles. The second-order valence-corrected chi connectivity index (χ2v) is 8.15. The minimum absolute atomic E-state index is 0.0224. The molecule has 3 rings (SSSR count). The van der Waals surface area contributed by atoms with Gasteiger partial charge >= 0.3 is 6.09 Å². The summed E-state index contributed by atoms with van der Waals surface area (Å²) in [5.74, 6) is 0.789. The van der Waals surface area contributed by atoms with Crippen LogP contribution in [-0.2, 0) is 4.74 Å². The highest BCUT2D eigenvalue weighted by Crippen LogP contribution is 2.28. The van der Waals surface area contributed by atoms with Gasteiger partial charge in [0.1, 0.15) is 11.9 Å². The zero-order valence-electron chi connectivity index (χ0n) is 17.3. The molecule has 1 aliphatic heterocycles. The summed E-state index contributed by atoms with van der Waals surface area (Å²) in [5.41, 5.74) is 0.724. The molecule has 5 nitrogen and oxygen atoms in total. The van der Waals surface area contributed by atoms with Gasteiger partial charge < -0.3 is 14.4 Å². The Bertz CT molecular complexity index is 601. The molecule has 0 aromatic heterocycles. The normalized spacial score (nSPS) is 23.2. The number of carbonyl (C=O) groups excluding carboxylic acids is 1. The third-order valence-electron chi connectivity index (χ3n) is 5.88. The third kappa shape index (κ3) is 6.69. The largest absolute Gasteiger partial charge is 0.494 e. The van der Waals surface area contributed by atoms with Gasteiger partial charge in [-0.15, -0.1) is 0 Å². The highest BCUT2D eigenvalue weighted by molar-refractivity contribution is 5.84. The van der Waals surface area contributed by atoms with Crippen LogP contribution in [0.2, 0.25) is 0 Å². The van der Waals surface area contributed by atoms with Gasteiger partial charge in [-0.1, -0.05) is 32.3 Å². The lowest BCUT2D eigenvalue weighted by Gasteiger charge is -2.39. The van der Waals surface area contributed by atoms with E-state index in [1.165, 1.54) is 51.6 Å². The summed E-state index contributed by atoms with van der Waals surface area (Å²) in [6.07, 6.45) is 11.3. The fraction of sp³-hybridized carbons (Fsp3) is 0.696. The van der Waals surface area contributed by atoms with E-state index in [4.69, 9.17) is 9.47 Å². The first kappa shape index (κ1) is 21.0. The van der Waals surface area contributed by atoms with E-state index in [0.29, 0.717) is 12.6 Å². The SMILES string of the molecule is CCCCCOc1cccc(NC(=O)OC2CCCC(N3CCCCC3)C2)c1. The van der Waals surface area contributed by atoms with E-state index in [0.717, 1.165) is 37.1 Å². The van der Waals surface area contributed by atoms with Crippen LogP contribution in [0, 0.1) is 0 Å². The van der Waals surface area contributed by atoms with Crippen LogP contribution >= 0.6 is 0 Å². The highest BCUT2D eigenvalue weighted by Gasteiger charge is 2.29. The Balaban J connectivity index is 1.44. The van der Waals surface area contributed by atoms with Crippen LogP contribution in [0.3, 0.4) is 0 Å². The number of nitrogens with one attached hydrogen (secondary N) is 1. The Morgan fingerprint density at radius 1 is 1.14 bits per heavy atom. The number of ether oxygens (including phenoxy) is 2. The summed E-state index contributed by atoms with van der Waals surface area (Å²) in [7, 11) is 0. The summed E-state index contributed by atoms with van der Waals surface area (Å²) in [6.45, 7) is 5.29. The third-order valence-corrected chi connectivity index (χ3v) is 5.88. The van der Waals surface area contributed by atoms with Crippen LogP contribution in [-0.4, -0.2) is 42.8 Å². The maximum atomic E-state index is 12.4. The summed E-state index contributed by atoms with van der Waals surface area (Å²) in [4.78, 5) is 15.0. The van der Waals surface area contributed by atoms with Crippen molar-refractivity contribution in [3.8, 4) is 5.75 Å². The van der Waals surface area contributed by atoms with E-state index in [-0.39, 0.29) is 12.2 Å². The molecule has 5 heteroatoms. The molecule has 0 radical (unpaired) electrons. The smallest absolute Gasteiger partial charge is 0.411 e. The van der Waals surface area contributed by atoms with E-state index in [1.54, 1.807) is 0 Å². The van der Waals surface area contributed by atoms with Gasteiger partial charge in [0.15, 0.2) is 0 Å². The van der Waals surface area contributed by atoms with Crippen LogP contribution in [0.1, 0.15) is 71.1 Å². The number of carbonyl (C=O) groups is 1. The second kappa shape index (κ2) is 11.3. The van der Waals surface area contributed by atoms with Gasteiger partial charge in [0.25, 0.3) is 0 Å². The molecule has 2 atom stereocenters. The van der Waals surface area contributed by atoms with Crippen molar-refractivity contribution in [1.29, 1.82) is 0 Å². The number of anilines is 1. The molecule has 28 heavy (non-hydrogen) atoms. The molecule has 1 heterocycles. The molecule has 2 fully saturated rings. The Morgan fingerprint density at radius 3 is 2.82 bits per heavy atom. The predicted molar refractivity (Wildman–Crippen MR) is 113 cm³/mol. The first-order valence-corrected chi connectivity index (χ1v) is 11.2. The van der Waals surface area contributed by atoms with Crippen molar-refractivity contribution in [3.63, 3.8) is 0 Å². The molecule has 1 aromatic rings. The Hall–Kier alpha value is -1.75. The molecule has 1 aliphatic carbocycles. The van der Waals surface area contributed by atoms with Crippen LogP contribution < -0.4 is 10.1 Å². The van der Waals surface area contributed by atoms with Gasteiger partial charge in [0.05, 0.1) is 6.61 Å². The summed E-state index contributed by atoms with van der Waals surface area (Å²) < 4.78 is 11.5. The van der Waals surface area contributed by atoms with Crippen LogP contribution in [0.25, 0.3) is 0 Å². The molecule has 2 unspecified atom stereocenters. The summed E-state index contributed by atoms with van der Waals surface area (Å²) >= 11 is 0. The monoisotopic (exact) mass is 388 g/mol. The molecule has 1 amide bonds. The number of benzene rings is 1. The molecule has 1 aromatic carbocycles. The maximum absolute atomic E-state index is 12.4. The molecule has 1 saturated carbocycles. The van der Waals surface area contributed by atoms with Gasteiger partial charge in [0, 0.05) is 24.2 Å². The van der Waals surface area contributed by atoms with Crippen molar-refractivity contribution in [3.05, 3.63) is 24.3 Å².